The summed E-state index contributed by atoms with van der Waals surface area (Å²) in [4.78, 5) is 10.2. The molecule has 1 atom stereocenters. The van der Waals surface area contributed by atoms with Crippen molar-refractivity contribution in [1.29, 1.82) is 0 Å². The highest BCUT2D eigenvalue weighted by molar-refractivity contribution is 5.93. The standard InChI is InChI=1S/C5H5FO2/c6-4-1-3(7)2-5(4)8/h1,5,8H,2H2. The van der Waals surface area contributed by atoms with Gasteiger partial charge in [-0.15, -0.1) is 0 Å². The van der Waals surface area contributed by atoms with Crippen molar-refractivity contribution in [3.05, 3.63) is 11.9 Å². The van der Waals surface area contributed by atoms with Gasteiger partial charge in [0, 0.05) is 12.5 Å². The Morgan fingerprint density at radius 3 is 2.62 bits per heavy atom. The van der Waals surface area contributed by atoms with Gasteiger partial charge in [-0.3, -0.25) is 4.79 Å². The van der Waals surface area contributed by atoms with E-state index >= 15 is 0 Å². The third-order valence-electron chi connectivity index (χ3n) is 1.01. The van der Waals surface area contributed by atoms with Crippen LogP contribution in [0.25, 0.3) is 0 Å². The first kappa shape index (κ1) is 5.44. The van der Waals surface area contributed by atoms with Crippen LogP contribution in [0.5, 0.6) is 0 Å². The number of hydrogen-bond acceptors (Lipinski definition) is 2. The van der Waals surface area contributed by atoms with E-state index in [1.165, 1.54) is 0 Å². The van der Waals surface area contributed by atoms with Crippen molar-refractivity contribution >= 4 is 5.78 Å². The number of aliphatic hydroxyl groups excluding tert-OH is 1. The van der Waals surface area contributed by atoms with Gasteiger partial charge in [0.2, 0.25) is 0 Å². The van der Waals surface area contributed by atoms with Gasteiger partial charge in [0.05, 0.1) is 0 Å². The monoisotopic (exact) mass is 116 g/mol. The smallest absolute Gasteiger partial charge is 0.161 e. The van der Waals surface area contributed by atoms with Gasteiger partial charge in [-0.2, -0.15) is 0 Å². The second-order valence-corrected chi connectivity index (χ2v) is 1.72. The average molecular weight is 116 g/mol. The number of aliphatic hydroxyl groups is 1. The predicted octanol–water partition coefficient (Wildman–Crippen LogP) is 0.173. The van der Waals surface area contributed by atoms with Gasteiger partial charge in [-0.25, -0.2) is 4.39 Å². The summed E-state index contributed by atoms with van der Waals surface area (Å²) in [6, 6.07) is 0. The molecule has 0 aromatic rings. The van der Waals surface area contributed by atoms with E-state index in [2.05, 4.69) is 0 Å². The van der Waals surface area contributed by atoms with Crippen molar-refractivity contribution in [2.45, 2.75) is 12.5 Å². The summed E-state index contributed by atoms with van der Waals surface area (Å²) in [6.45, 7) is 0. The third kappa shape index (κ3) is 0.767. The van der Waals surface area contributed by atoms with Crippen molar-refractivity contribution in [2.75, 3.05) is 0 Å². The maximum absolute atomic E-state index is 12.0. The lowest BCUT2D eigenvalue weighted by Crippen LogP contribution is -2.02. The normalized spacial score (nSPS) is 28.5. The van der Waals surface area contributed by atoms with Crippen molar-refractivity contribution in [2.24, 2.45) is 0 Å². The fraction of sp³-hybridized carbons (Fsp3) is 0.400. The van der Waals surface area contributed by atoms with Crippen LogP contribution < -0.4 is 0 Å². The Morgan fingerprint density at radius 2 is 2.50 bits per heavy atom. The second-order valence-electron chi connectivity index (χ2n) is 1.72. The first-order chi connectivity index (χ1) is 3.70. The summed E-state index contributed by atoms with van der Waals surface area (Å²) in [5.74, 6) is -1.05. The number of carbonyl (C=O) groups is 1. The summed E-state index contributed by atoms with van der Waals surface area (Å²) < 4.78 is 12.0. The van der Waals surface area contributed by atoms with Crippen LogP contribution in [0.3, 0.4) is 0 Å². The molecule has 1 unspecified atom stereocenters. The van der Waals surface area contributed by atoms with Gasteiger partial charge >= 0.3 is 0 Å². The van der Waals surface area contributed by atoms with Crippen LogP contribution in [0.4, 0.5) is 4.39 Å². The van der Waals surface area contributed by atoms with E-state index in [4.69, 9.17) is 5.11 Å². The van der Waals surface area contributed by atoms with Crippen LogP contribution in [-0.2, 0) is 4.79 Å². The summed E-state index contributed by atoms with van der Waals surface area (Å²) in [6.07, 6.45) is -0.432. The molecule has 1 N–H and O–H groups in total. The maximum atomic E-state index is 12.0. The number of halogens is 1. The number of ketones is 1. The zero-order chi connectivity index (χ0) is 6.15. The molecule has 0 heterocycles. The molecule has 0 saturated carbocycles. The van der Waals surface area contributed by atoms with E-state index in [0.717, 1.165) is 6.08 Å². The Labute approximate surface area is 45.6 Å². The lowest BCUT2D eigenvalue weighted by Gasteiger charge is -1.93. The highest BCUT2D eigenvalue weighted by Crippen LogP contribution is 2.15. The van der Waals surface area contributed by atoms with Crippen LogP contribution in [0.1, 0.15) is 6.42 Å². The molecule has 0 amide bonds. The quantitative estimate of drug-likeness (QED) is 0.490. The van der Waals surface area contributed by atoms with Crippen molar-refractivity contribution in [3.63, 3.8) is 0 Å². The van der Waals surface area contributed by atoms with E-state index in [-0.39, 0.29) is 12.2 Å². The highest BCUT2D eigenvalue weighted by Gasteiger charge is 2.21. The molecule has 1 aliphatic rings. The SMILES string of the molecule is O=C1C=C(F)C(O)C1. The fourth-order valence-electron chi connectivity index (χ4n) is 0.597. The lowest BCUT2D eigenvalue weighted by atomic mass is 10.3. The molecule has 44 valence electrons. The minimum atomic E-state index is -1.16. The van der Waals surface area contributed by atoms with E-state index in [9.17, 15) is 9.18 Å². The molecule has 3 heteroatoms. The molecule has 2 nitrogen and oxygen atoms in total. The molecular formula is C5H5FO2. The second kappa shape index (κ2) is 1.67. The third-order valence-corrected chi connectivity index (χ3v) is 1.01. The molecule has 0 saturated heterocycles. The summed E-state index contributed by atoms with van der Waals surface area (Å²) in [5, 5.41) is 8.50. The van der Waals surface area contributed by atoms with Crippen molar-refractivity contribution < 1.29 is 14.3 Å². The lowest BCUT2D eigenvalue weighted by molar-refractivity contribution is -0.115. The highest BCUT2D eigenvalue weighted by atomic mass is 19.1. The minimum absolute atomic E-state index is 0.0914. The number of hydrogen-bond donors (Lipinski definition) is 1. The molecule has 0 fully saturated rings. The Morgan fingerprint density at radius 1 is 1.88 bits per heavy atom. The van der Waals surface area contributed by atoms with Crippen molar-refractivity contribution in [3.8, 4) is 0 Å². The van der Waals surface area contributed by atoms with Crippen LogP contribution in [0.15, 0.2) is 11.9 Å². The van der Waals surface area contributed by atoms with E-state index in [1.54, 1.807) is 0 Å². The van der Waals surface area contributed by atoms with Crippen LogP contribution in [0.2, 0.25) is 0 Å². The Bertz CT molecular complexity index is 151. The van der Waals surface area contributed by atoms with Gasteiger partial charge in [0.1, 0.15) is 11.9 Å². The predicted molar refractivity (Wildman–Crippen MR) is 24.8 cm³/mol. The maximum Gasteiger partial charge on any atom is 0.161 e. The number of carbonyl (C=O) groups excluding carboxylic acids is 1. The van der Waals surface area contributed by atoms with E-state index in [1.807, 2.05) is 0 Å². The molecule has 1 aliphatic carbocycles. The van der Waals surface area contributed by atoms with Gasteiger partial charge < -0.3 is 5.11 Å². The zero-order valence-electron chi connectivity index (χ0n) is 4.10. The molecule has 0 aromatic heterocycles. The molecule has 0 bridgehead atoms. The Kier molecular flexibility index (Phi) is 1.13. The Balaban J connectivity index is 2.73. The molecule has 0 radical (unpaired) electrons. The minimum Gasteiger partial charge on any atom is -0.386 e. The van der Waals surface area contributed by atoms with Gasteiger partial charge in [-0.1, -0.05) is 0 Å². The van der Waals surface area contributed by atoms with E-state index < -0.39 is 11.9 Å². The van der Waals surface area contributed by atoms with Gasteiger partial charge in [-0.05, 0) is 0 Å². The number of rotatable bonds is 0. The zero-order valence-corrected chi connectivity index (χ0v) is 4.10. The molecule has 8 heavy (non-hydrogen) atoms. The topological polar surface area (TPSA) is 37.3 Å². The summed E-state index contributed by atoms with van der Waals surface area (Å²) in [7, 11) is 0. The first-order valence-electron chi connectivity index (χ1n) is 2.28. The summed E-state index contributed by atoms with van der Waals surface area (Å²) >= 11 is 0. The van der Waals surface area contributed by atoms with E-state index in [0.29, 0.717) is 0 Å². The fourth-order valence-corrected chi connectivity index (χ4v) is 0.597. The van der Waals surface area contributed by atoms with Gasteiger partial charge in [0.25, 0.3) is 0 Å². The average Bonchev–Trinajstić information content (AvgIpc) is 1.85. The van der Waals surface area contributed by atoms with Crippen LogP contribution in [0, 0.1) is 0 Å². The largest absolute Gasteiger partial charge is 0.386 e. The van der Waals surface area contributed by atoms with Crippen LogP contribution >= 0.6 is 0 Å². The molecule has 0 spiro atoms. The van der Waals surface area contributed by atoms with Crippen LogP contribution in [-0.4, -0.2) is 17.0 Å². The number of allylic oxidation sites excluding steroid dienone is 1. The van der Waals surface area contributed by atoms with Gasteiger partial charge in [0.15, 0.2) is 5.78 Å². The molecule has 0 aromatic carbocycles. The van der Waals surface area contributed by atoms with Crippen molar-refractivity contribution in [1.82, 2.24) is 0 Å². The first-order valence-corrected chi connectivity index (χ1v) is 2.28. The molecule has 1 rings (SSSR count). The molecule has 0 aliphatic heterocycles. The molecular weight excluding hydrogens is 111 g/mol. The Hall–Kier alpha value is -0.700. The summed E-state index contributed by atoms with van der Waals surface area (Å²) in [5.41, 5.74) is 0.